The van der Waals surface area contributed by atoms with Crippen molar-refractivity contribution in [1.29, 1.82) is 0 Å². The van der Waals surface area contributed by atoms with Crippen LogP contribution in [0.2, 0.25) is 0 Å². The molecule has 6 heteroatoms. The number of alkyl halides is 3. The van der Waals surface area contributed by atoms with Crippen molar-refractivity contribution in [3.8, 4) is 0 Å². The van der Waals surface area contributed by atoms with E-state index in [1.807, 2.05) is 26.8 Å². The molecule has 3 nitrogen and oxygen atoms in total. The Hall–Kier alpha value is -2.63. The van der Waals surface area contributed by atoms with Gasteiger partial charge in [-0.25, -0.2) is 4.99 Å². The molecule has 0 spiro atoms. The minimum absolute atomic E-state index is 0.129. The summed E-state index contributed by atoms with van der Waals surface area (Å²) < 4.78 is 39.3. The van der Waals surface area contributed by atoms with Crippen molar-refractivity contribution >= 4 is 23.0 Å². The summed E-state index contributed by atoms with van der Waals surface area (Å²) in [5.41, 5.74) is 2.98. The lowest BCUT2D eigenvalue weighted by molar-refractivity contribution is -0.137. The summed E-state index contributed by atoms with van der Waals surface area (Å²) in [7, 11) is 0. The topological polar surface area (TPSA) is 32.7 Å². The molecule has 2 aromatic rings. The fraction of sp³-hybridized carbons (Fsp3) is 0.391. The highest BCUT2D eigenvalue weighted by Gasteiger charge is 2.48. The molecule has 0 unspecified atom stereocenters. The number of rotatable bonds is 2. The highest BCUT2D eigenvalue weighted by Crippen LogP contribution is 2.49. The van der Waals surface area contributed by atoms with E-state index in [-0.39, 0.29) is 23.2 Å². The molecule has 0 bridgehead atoms. The van der Waals surface area contributed by atoms with Crippen molar-refractivity contribution < 1.29 is 18.0 Å². The van der Waals surface area contributed by atoms with Crippen LogP contribution in [0.5, 0.6) is 0 Å². The number of carbonyl (C=O) groups is 1. The van der Waals surface area contributed by atoms with Crippen molar-refractivity contribution in [3.05, 3.63) is 58.7 Å². The van der Waals surface area contributed by atoms with Crippen LogP contribution in [-0.4, -0.2) is 17.2 Å². The van der Waals surface area contributed by atoms with Crippen LogP contribution in [0.15, 0.2) is 41.4 Å². The number of benzene rings is 2. The molecular weight excluding hydrogens is 377 g/mol. The molecule has 29 heavy (non-hydrogen) atoms. The van der Waals surface area contributed by atoms with E-state index in [0.717, 1.165) is 47.4 Å². The van der Waals surface area contributed by atoms with Crippen LogP contribution < -0.4 is 4.90 Å². The van der Waals surface area contributed by atoms with Crippen LogP contribution in [0, 0.1) is 0 Å². The smallest absolute Gasteiger partial charge is 0.300 e. The van der Waals surface area contributed by atoms with E-state index in [9.17, 15) is 18.0 Å². The molecule has 2 heterocycles. The first-order valence-electron chi connectivity index (χ1n) is 9.80. The molecule has 4 rings (SSSR count). The first-order chi connectivity index (χ1) is 13.5. The maximum Gasteiger partial charge on any atom is 0.416 e. The van der Waals surface area contributed by atoms with Crippen molar-refractivity contribution in [1.82, 2.24) is 0 Å². The highest BCUT2D eigenvalue weighted by atomic mass is 19.4. The maximum atomic E-state index is 13.4. The lowest BCUT2D eigenvalue weighted by Crippen LogP contribution is -2.50. The Kier molecular flexibility index (Phi) is 4.37. The van der Waals surface area contributed by atoms with E-state index in [1.165, 1.54) is 12.1 Å². The summed E-state index contributed by atoms with van der Waals surface area (Å²) in [5.74, 6) is 0.0334. The van der Waals surface area contributed by atoms with E-state index in [4.69, 9.17) is 0 Å². The molecule has 0 saturated heterocycles. The Morgan fingerprint density at radius 2 is 1.93 bits per heavy atom. The molecule has 1 amide bonds. The minimum atomic E-state index is -4.46. The summed E-state index contributed by atoms with van der Waals surface area (Å²) in [6.45, 7) is 8.24. The number of nitrogens with zero attached hydrogens (tertiary/aromatic N) is 2. The first-order valence-corrected chi connectivity index (χ1v) is 9.80. The van der Waals surface area contributed by atoms with Crippen LogP contribution in [0.3, 0.4) is 0 Å². The summed E-state index contributed by atoms with van der Waals surface area (Å²) in [6, 6.07) is 8.91. The summed E-state index contributed by atoms with van der Waals surface area (Å²) in [5, 5.41) is 0. The van der Waals surface area contributed by atoms with Crippen LogP contribution >= 0.6 is 0 Å². The highest BCUT2D eigenvalue weighted by molar-refractivity contribution is 6.55. The fourth-order valence-electron chi connectivity index (χ4n) is 4.57. The Morgan fingerprint density at radius 1 is 1.21 bits per heavy atom. The van der Waals surface area contributed by atoms with Gasteiger partial charge in [0, 0.05) is 11.1 Å². The number of anilines is 1. The van der Waals surface area contributed by atoms with Gasteiger partial charge in [-0.1, -0.05) is 26.0 Å². The van der Waals surface area contributed by atoms with Gasteiger partial charge in [0.05, 0.1) is 16.9 Å². The second-order valence-corrected chi connectivity index (χ2v) is 8.50. The van der Waals surface area contributed by atoms with Gasteiger partial charge in [-0.2, -0.15) is 13.2 Å². The van der Waals surface area contributed by atoms with E-state index in [2.05, 4.69) is 18.0 Å². The van der Waals surface area contributed by atoms with Gasteiger partial charge in [0.25, 0.3) is 5.91 Å². The molecule has 2 aliphatic rings. The summed E-state index contributed by atoms with van der Waals surface area (Å²) >= 11 is 0. The van der Waals surface area contributed by atoms with Gasteiger partial charge in [-0.05, 0) is 68.0 Å². The maximum absolute atomic E-state index is 13.4. The standard InChI is InChI=1S/C23H23F3N2O/c1-5-14-9-17-13(2)12-22(3,4)28-20(17)18(10-14)19(21(28)29)27-16-8-6-7-15(11-16)23(24,25)26/h6-11,13H,5,12H2,1-4H3/t13-/m1/s1. The number of aryl methyl sites for hydroxylation is 1. The van der Waals surface area contributed by atoms with Crippen molar-refractivity contribution in [3.63, 3.8) is 0 Å². The monoisotopic (exact) mass is 400 g/mol. The SMILES string of the molecule is CCc1cc2c3c(c1)[C@H](C)CC(C)(C)N3C(=O)C2=Nc1cccc(C(F)(F)F)c1. The zero-order chi connectivity index (χ0) is 21.1. The Balaban J connectivity index is 1.93. The first kappa shape index (κ1) is 19.7. The van der Waals surface area contributed by atoms with E-state index < -0.39 is 17.3 Å². The number of amides is 1. The van der Waals surface area contributed by atoms with Gasteiger partial charge in [0.1, 0.15) is 5.71 Å². The third-order valence-electron chi connectivity index (χ3n) is 5.85. The molecule has 0 fully saturated rings. The average molecular weight is 400 g/mol. The second kappa shape index (κ2) is 6.44. The molecule has 0 N–H and O–H groups in total. The molecule has 2 aromatic carbocycles. The third kappa shape index (κ3) is 3.15. The summed E-state index contributed by atoms with van der Waals surface area (Å²) in [4.78, 5) is 19.6. The van der Waals surface area contributed by atoms with Crippen LogP contribution in [-0.2, 0) is 17.4 Å². The molecule has 152 valence electrons. The fourth-order valence-corrected chi connectivity index (χ4v) is 4.57. The second-order valence-electron chi connectivity index (χ2n) is 8.50. The Labute approximate surface area is 168 Å². The van der Waals surface area contributed by atoms with Crippen LogP contribution in [0.1, 0.15) is 62.3 Å². The van der Waals surface area contributed by atoms with Gasteiger partial charge >= 0.3 is 6.18 Å². The molecular formula is C23H23F3N2O. The molecule has 0 aromatic heterocycles. The quantitative estimate of drug-likeness (QED) is 0.607. The lowest BCUT2D eigenvalue weighted by Gasteiger charge is -2.43. The number of hydrogen-bond acceptors (Lipinski definition) is 2. The van der Waals surface area contributed by atoms with E-state index in [0.29, 0.717) is 0 Å². The van der Waals surface area contributed by atoms with Gasteiger partial charge in [0.15, 0.2) is 0 Å². The summed E-state index contributed by atoms with van der Waals surface area (Å²) in [6.07, 6.45) is -2.83. The predicted molar refractivity (Wildman–Crippen MR) is 108 cm³/mol. The average Bonchev–Trinajstić information content (AvgIpc) is 2.92. The van der Waals surface area contributed by atoms with Gasteiger partial charge < -0.3 is 4.90 Å². The zero-order valence-corrected chi connectivity index (χ0v) is 16.9. The molecule has 2 aliphatic heterocycles. The van der Waals surface area contributed by atoms with Crippen LogP contribution in [0.25, 0.3) is 0 Å². The zero-order valence-electron chi connectivity index (χ0n) is 16.9. The molecule has 0 aliphatic carbocycles. The molecule has 0 radical (unpaired) electrons. The molecule has 1 atom stereocenters. The Morgan fingerprint density at radius 3 is 2.59 bits per heavy atom. The van der Waals surface area contributed by atoms with Crippen molar-refractivity contribution in [2.45, 2.75) is 58.2 Å². The molecule has 0 saturated carbocycles. The predicted octanol–water partition coefficient (Wildman–Crippen LogP) is 6.02. The van der Waals surface area contributed by atoms with Gasteiger partial charge in [0.2, 0.25) is 0 Å². The number of halogens is 3. The lowest BCUT2D eigenvalue weighted by atomic mass is 9.79. The largest absolute Gasteiger partial charge is 0.416 e. The number of carbonyl (C=O) groups excluding carboxylic acids is 1. The third-order valence-corrected chi connectivity index (χ3v) is 5.85. The van der Waals surface area contributed by atoms with Crippen LogP contribution in [0.4, 0.5) is 24.5 Å². The van der Waals surface area contributed by atoms with Gasteiger partial charge in [-0.3, -0.25) is 4.79 Å². The van der Waals surface area contributed by atoms with E-state index >= 15 is 0 Å². The number of hydrogen-bond donors (Lipinski definition) is 0. The van der Waals surface area contributed by atoms with Gasteiger partial charge in [-0.15, -0.1) is 0 Å². The van der Waals surface area contributed by atoms with E-state index in [1.54, 1.807) is 4.90 Å². The normalized spacial score (nSPS) is 21.6. The van der Waals surface area contributed by atoms with Crippen molar-refractivity contribution in [2.24, 2.45) is 4.99 Å². The Bertz CT molecular complexity index is 1040. The minimum Gasteiger partial charge on any atom is -0.300 e. The van der Waals surface area contributed by atoms with Crippen molar-refractivity contribution in [2.75, 3.05) is 4.90 Å². The number of aliphatic imine (C=N–C) groups is 1.